The van der Waals surface area contributed by atoms with Crippen LogP contribution in [0.2, 0.25) is 0 Å². The standard InChI is InChI=1S/C28H24FN5O2S/c1-18-25(27(36)33-21-7-3-2-4-8-21)26(19-10-12-20(29)13-11-19)34-23(17-37-28(34)32-18)15-24(35)31-16-22-9-5-6-14-30-22/h2-14,17,26H,15-16H2,1H3,(H,31,35)(H,33,36). The molecule has 9 heteroatoms. The molecule has 1 aromatic heterocycles. The highest BCUT2D eigenvalue weighted by atomic mass is 32.2. The lowest BCUT2D eigenvalue weighted by molar-refractivity contribution is -0.120. The summed E-state index contributed by atoms with van der Waals surface area (Å²) >= 11 is 1.40. The quantitative estimate of drug-likeness (QED) is 0.457. The highest BCUT2D eigenvalue weighted by molar-refractivity contribution is 8.16. The maximum atomic E-state index is 13.8. The van der Waals surface area contributed by atoms with Crippen LogP contribution in [0.1, 0.15) is 30.6 Å². The van der Waals surface area contributed by atoms with Gasteiger partial charge in [0.25, 0.3) is 5.91 Å². The van der Waals surface area contributed by atoms with E-state index < -0.39 is 6.04 Å². The summed E-state index contributed by atoms with van der Waals surface area (Å²) in [5.41, 5.74) is 3.83. The van der Waals surface area contributed by atoms with Crippen LogP contribution in [0.4, 0.5) is 10.1 Å². The van der Waals surface area contributed by atoms with E-state index in [4.69, 9.17) is 0 Å². The largest absolute Gasteiger partial charge is 0.350 e. The molecule has 5 rings (SSSR count). The van der Waals surface area contributed by atoms with Gasteiger partial charge in [0.15, 0.2) is 5.17 Å². The van der Waals surface area contributed by atoms with Crippen molar-refractivity contribution in [3.8, 4) is 0 Å². The van der Waals surface area contributed by atoms with Crippen LogP contribution in [0.25, 0.3) is 0 Å². The van der Waals surface area contributed by atoms with Gasteiger partial charge in [0.2, 0.25) is 5.91 Å². The summed E-state index contributed by atoms with van der Waals surface area (Å²) in [5.74, 6) is -0.861. The predicted octanol–water partition coefficient (Wildman–Crippen LogP) is 5.14. The molecule has 0 radical (unpaired) electrons. The van der Waals surface area contributed by atoms with Gasteiger partial charge in [0.05, 0.1) is 36.0 Å². The zero-order valence-corrected chi connectivity index (χ0v) is 20.8. The third kappa shape index (κ3) is 5.46. The van der Waals surface area contributed by atoms with E-state index in [-0.39, 0.29) is 24.1 Å². The second kappa shape index (κ2) is 10.8. The van der Waals surface area contributed by atoms with E-state index in [1.807, 2.05) is 46.7 Å². The third-order valence-electron chi connectivity index (χ3n) is 6.00. The number of carbonyl (C=O) groups is 2. The first-order chi connectivity index (χ1) is 18.0. The van der Waals surface area contributed by atoms with Gasteiger partial charge in [-0.15, -0.1) is 0 Å². The monoisotopic (exact) mass is 513 g/mol. The van der Waals surface area contributed by atoms with E-state index in [2.05, 4.69) is 20.6 Å². The molecule has 2 amide bonds. The van der Waals surface area contributed by atoms with E-state index in [9.17, 15) is 14.0 Å². The number of nitrogens with zero attached hydrogens (tertiary/aromatic N) is 3. The number of hydrogen-bond donors (Lipinski definition) is 2. The van der Waals surface area contributed by atoms with Gasteiger partial charge in [-0.1, -0.05) is 48.2 Å². The average molecular weight is 514 g/mol. The minimum absolute atomic E-state index is 0.0865. The summed E-state index contributed by atoms with van der Waals surface area (Å²) < 4.78 is 13.8. The fourth-order valence-electron chi connectivity index (χ4n) is 4.26. The van der Waals surface area contributed by atoms with Crippen molar-refractivity contribution in [2.24, 2.45) is 4.99 Å². The molecule has 2 aromatic carbocycles. The Labute approximate surface area is 218 Å². The van der Waals surface area contributed by atoms with Crippen LogP contribution in [0.5, 0.6) is 0 Å². The molecule has 2 aliphatic heterocycles. The van der Waals surface area contributed by atoms with Crippen molar-refractivity contribution >= 4 is 34.4 Å². The average Bonchev–Trinajstić information content (AvgIpc) is 3.30. The number of para-hydroxylation sites is 1. The van der Waals surface area contributed by atoms with Crippen molar-refractivity contribution in [1.82, 2.24) is 15.2 Å². The molecule has 2 N–H and O–H groups in total. The SMILES string of the molecule is CC1=C(C(=O)Nc2ccccc2)C(c2ccc(F)cc2)N2C(CC(=O)NCc3ccccn3)=CSC2=N1. The van der Waals surface area contributed by atoms with Crippen LogP contribution < -0.4 is 10.6 Å². The number of hydrogen-bond acceptors (Lipinski definition) is 6. The molecular weight excluding hydrogens is 489 g/mol. The van der Waals surface area contributed by atoms with E-state index >= 15 is 0 Å². The van der Waals surface area contributed by atoms with E-state index in [1.165, 1.54) is 23.9 Å². The molecule has 0 saturated heterocycles. The Balaban J connectivity index is 1.43. The molecule has 0 bridgehead atoms. The molecule has 0 aliphatic carbocycles. The number of amides is 2. The third-order valence-corrected chi connectivity index (χ3v) is 6.89. The number of pyridine rings is 1. The number of rotatable bonds is 7. The van der Waals surface area contributed by atoms with Gasteiger partial charge in [-0.05, 0) is 54.3 Å². The number of aromatic nitrogens is 1. The molecule has 7 nitrogen and oxygen atoms in total. The zero-order valence-electron chi connectivity index (χ0n) is 20.0. The molecule has 3 heterocycles. The second-order valence-electron chi connectivity index (χ2n) is 8.54. The molecule has 37 heavy (non-hydrogen) atoms. The van der Waals surface area contributed by atoms with E-state index in [0.717, 1.165) is 5.69 Å². The first-order valence-corrected chi connectivity index (χ1v) is 12.6. The lowest BCUT2D eigenvalue weighted by atomic mass is 9.93. The molecule has 0 saturated carbocycles. The van der Waals surface area contributed by atoms with E-state index in [0.29, 0.717) is 39.9 Å². The van der Waals surface area contributed by atoms with Crippen LogP contribution in [0.15, 0.2) is 106 Å². The fourth-order valence-corrected chi connectivity index (χ4v) is 5.22. The normalized spacial score (nSPS) is 16.6. The Bertz CT molecular complexity index is 1410. The summed E-state index contributed by atoms with van der Waals surface area (Å²) in [7, 11) is 0. The molecule has 1 atom stereocenters. The molecule has 0 fully saturated rings. The van der Waals surface area contributed by atoms with Crippen LogP contribution in [0.3, 0.4) is 0 Å². The van der Waals surface area contributed by atoms with Crippen molar-refractivity contribution in [3.63, 3.8) is 0 Å². The van der Waals surface area contributed by atoms with Crippen molar-refractivity contribution in [2.75, 3.05) is 5.32 Å². The number of amidine groups is 1. The Morgan fingerprint density at radius 3 is 2.51 bits per heavy atom. The highest BCUT2D eigenvalue weighted by Crippen LogP contribution is 2.44. The number of fused-ring (bicyclic) bond motifs is 1. The number of benzene rings is 2. The molecule has 0 spiro atoms. The Hall–Kier alpha value is -4.24. The van der Waals surface area contributed by atoms with Crippen molar-refractivity contribution in [2.45, 2.75) is 25.9 Å². The Kier molecular flexibility index (Phi) is 7.14. The Morgan fingerprint density at radius 2 is 1.78 bits per heavy atom. The molecule has 3 aromatic rings. The molecular formula is C28H24FN5O2S. The summed E-state index contributed by atoms with van der Waals surface area (Å²) in [5, 5.41) is 8.39. The minimum atomic E-state index is -0.582. The lowest BCUT2D eigenvalue weighted by Crippen LogP contribution is -2.38. The number of halogens is 1. The first kappa shape index (κ1) is 24.5. The minimum Gasteiger partial charge on any atom is -0.350 e. The zero-order chi connectivity index (χ0) is 25.8. The van der Waals surface area contributed by atoms with Gasteiger partial charge < -0.3 is 15.5 Å². The smallest absolute Gasteiger partial charge is 0.255 e. The van der Waals surface area contributed by atoms with Crippen LogP contribution in [-0.2, 0) is 16.1 Å². The molecule has 1 unspecified atom stereocenters. The van der Waals surface area contributed by atoms with E-state index in [1.54, 1.807) is 37.4 Å². The van der Waals surface area contributed by atoms with Gasteiger partial charge in [-0.25, -0.2) is 9.38 Å². The van der Waals surface area contributed by atoms with Gasteiger partial charge in [0, 0.05) is 17.6 Å². The number of nitrogens with one attached hydrogen (secondary N) is 2. The summed E-state index contributed by atoms with van der Waals surface area (Å²) in [6, 6.07) is 20.2. The van der Waals surface area contributed by atoms with Crippen molar-refractivity contribution in [1.29, 1.82) is 0 Å². The van der Waals surface area contributed by atoms with Crippen LogP contribution >= 0.6 is 11.8 Å². The summed E-state index contributed by atoms with van der Waals surface area (Å²) in [4.78, 5) is 37.2. The maximum Gasteiger partial charge on any atom is 0.255 e. The highest BCUT2D eigenvalue weighted by Gasteiger charge is 2.40. The number of anilines is 1. The summed E-state index contributed by atoms with van der Waals surface area (Å²) in [6.07, 6.45) is 1.77. The number of aliphatic imine (C=N–C) groups is 1. The lowest BCUT2D eigenvalue weighted by Gasteiger charge is -2.36. The predicted molar refractivity (Wildman–Crippen MR) is 143 cm³/mol. The molecule has 2 aliphatic rings. The number of carbonyl (C=O) groups excluding carboxylic acids is 2. The molecule has 186 valence electrons. The van der Waals surface area contributed by atoms with Gasteiger partial charge in [0.1, 0.15) is 5.82 Å². The van der Waals surface area contributed by atoms with Gasteiger partial charge >= 0.3 is 0 Å². The van der Waals surface area contributed by atoms with Gasteiger partial charge in [-0.3, -0.25) is 14.6 Å². The first-order valence-electron chi connectivity index (χ1n) is 11.7. The second-order valence-corrected chi connectivity index (χ2v) is 9.38. The van der Waals surface area contributed by atoms with Crippen LogP contribution in [-0.4, -0.2) is 26.9 Å². The summed E-state index contributed by atoms with van der Waals surface area (Å²) in [6.45, 7) is 2.10. The van der Waals surface area contributed by atoms with Gasteiger partial charge in [-0.2, -0.15) is 0 Å². The fraction of sp³-hybridized carbons (Fsp3) is 0.143. The Morgan fingerprint density at radius 1 is 1.03 bits per heavy atom. The maximum absolute atomic E-state index is 13.8. The number of allylic oxidation sites excluding steroid dienone is 1. The van der Waals surface area contributed by atoms with Crippen molar-refractivity contribution in [3.05, 3.63) is 118 Å². The topological polar surface area (TPSA) is 86.7 Å². The van der Waals surface area contributed by atoms with Crippen LogP contribution in [0, 0.1) is 5.82 Å². The number of thioether (sulfide) groups is 1. The van der Waals surface area contributed by atoms with Crippen molar-refractivity contribution < 1.29 is 14.0 Å².